The summed E-state index contributed by atoms with van der Waals surface area (Å²) in [7, 11) is 1.69. The van der Waals surface area contributed by atoms with Crippen molar-refractivity contribution in [1.29, 1.82) is 0 Å². The number of hydrogen-bond acceptors (Lipinski definition) is 4. The summed E-state index contributed by atoms with van der Waals surface area (Å²) in [6.45, 7) is 6.22. The van der Waals surface area contributed by atoms with Gasteiger partial charge < -0.3 is 9.67 Å². The van der Waals surface area contributed by atoms with Crippen molar-refractivity contribution >= 4 is 63.2 Å². The molecule has 168 valence electrons. The molecule has 0 bridgehead atoms. The second-order valence-electron chi connectivity index (χ2n) is 7.82. The number of aryl methyl sites for hydroxylation is 2. The Morgan fingerprint density at radius 1 is 1.09 bits per heavy atom. The lowest BCUT2D eigenvalue weighted by Crippen LogP contribution is -2.23. The summed E-state index contributed by atoms with van der Waals surface area (Å²) in [5.41, 5.74) is 6.25. The largest absolute Gasteiger partial charge is 0.478 e. The molecule has 0 atom stereocenters. The van der Waals surface area contributed by atoms with Crippen molar-refractivity contribution in [1.82, 2.24) is 9.47 Å². The molecule has 1 fully saturated rings. The molecule has 1 N–H and O–H groups in total. The van der Waals surface area contributed by atoms with Crippen molar-refractivity contribution in [3.63, 3.8) is 0 Å². The van der Waals surface area contributed by atoms with Gasteiger partial charge in [0.05, 0.1) is 16.2 Å². The highest BCUT2D eigenvalue weighted by atomic mass is 127. The first-order valence-corrected chi connectivity index (χ1v) is 12.1. The maximum atomic E-state index is 12.9. The van der Waals surface area contributed by atoms with Crippen LogP contribution in [0.5, 0.6) is 0 Å². The molecule has 0 unspecified atom stereocenters. The number of carboxylic acid groups (broad SMARTS) is 1. The van der Waals surface area contributed by atoms with Gasteiger partial charge in [-0.25, -0.2) is 9.79 Å². The Balaban J connectivity index is 1.65. The number of benzene rings is 2. The first-order chi connectivity index (χ1) is 15.7. The van der Waals surface area contributed by atoms with Gasteiger partial charge >= 0.3 is 5.97 Å². The number of likely N-dealkylation sites (N-methyl/N-ethyl adjacent to an activating group) is 1. The highest BCUT2D eigenvalue weighted by Gasteiger charge is 2.30. The van der Waals surface area contributed by atoms with Crippen LogP contribution in [0.15, 0.2) is 58.4 Å². The van der Waals surface area contributed by atoms with Crippen LogP contribution in [0.2, 0.25) is 0 Å². The smallest absolute Gasteiger partial charge is 0.335 e. The minimum atomic E-state index is -0.986. The van der Waals surface area contributed by atoms with Crippen LogP contribution in [0.25, 0.3) is 11.8 Å². The molecule has 0 aliphatic carbocycles. The van der Waals surface area contributed by atoms with Gasteiger partial charge in [-0.2, -0.15) is 0 Å². The lowest BCUT2D eigenvalue weighted by molar-refractivity contribution is -0.121. The van der Waals surface area contributed by atoms with Crippen molar-refractivity contribution in [2.75, 3.05) is 7.05 Å². The maximum absolute atomic E-state index is 12.9. The van der Waals surface area contributed by atoms with E-state index in [4.69, 9.17) is 5.11 Å². The predicted molar refractivity (Wildman–Crippen MR) is 142 cm³/mol. The van der Waals surface area contributed by atoms with Crippen molar-refractivity contribution in [2.24, 2.45) is 4.99 Å². The molecule has 1 saturated heterocycles. The zero-order chi connectivity index (χ0) is 23.9. The molecule has 2 aromatic carbocycles. The Morgan fingerprint density at radius 2 is 1.79 bits per heavy atom. The van der Waals surface area contributed by atoms with Crippen LogP contribution in [0.1, 0.15) is 32.9 Å². The molecule has 33 heavy (non-hydrogen) atoms. The number of amidine groups is 1. The number of hydrogen-bond donors (Lipinski definition) is 1. The van der Waals surface area contributed by atoms with Crippen LogP contribution in [-0.2, 0) is 4.79 Å². The van der Waals surface area contributed by atoms with E-state index in [0.717, 1.165) is 22.6 Å². The maximum Gasteiger partial charge on any atom is 0.335 e. The van der Waals surface area contributed by atoms with Gasteiger partial charge in [0.1, 0.15) is 0 Å². The molecule has 1 amide bonds. The van der Waals surface area contributed by atoms with E-state index in [1.807, 2.05) is 6.08 Å². The number of halogens is 1. The van der Waals surface area contributed by atoms with Gasteiger partial charge in [0.2, 0.25) is 0 Å². The molecule has 6 nitrogen and oxygen atoms in total. The summed E-state index contributed by atoms with van der Waals surface area (Å²) in [6.07, 6.45) is 1.91. The van der Waals surface area contributed by atoms with Crippen molar-refractivity contribution < 1.29 is 14.7 Å². The Bertz CT molecular complexity index is 1340. The molecule has 8 heteroatoms. The lowest BCUT2D eigenvalue weighted by atomic mass is 10.2. The first kappa shape index (κ1) is 23.3. The number of rotatable bonds is 4. The Labute approximate surface area is 210 Å². The Morgan fingerprint density at radius 3 is 2.42 bits per heavy atom. The van der Waals surface area contributed by atoms with E-state index in [9.17, 15) is 9.59 Å². The molecule has 1 aliphatic rings. The number of aromatic carboxylic acids is 1. The van der Waals surface area contributed by atoms with E-state index < -0.39 is 5.97 Å². The fraction of sp³-hybridized carbons (Fsp3) is 0.160. The molecule has 1 aliphatic heterocycles. The van der Waals surface area contributed by atoms with Gasteiger partial charge in [0.15, 0.2) is 5.17 Å². The fourth-order valence-electron chi connectivity index (χ4n) is 3.68. The van der Waals surface area contributed by atoms with Crippen LogP contribution in [0.4, 0.5) is 5.69 Å². The van der Waals surface area contributed by atoms with Gasteiger partial charge in [-0.05, 0) is 121 Å². The average Bonchev–Trinajstić information content (AvgIpc) is 3.20. The number of carbonyl (C=O) groups excluding carboxylic acids is 1. The number of nitrogens with zero attached hydrogens (tertiary/aromatic N) is 3. The SMILES string of the molecule is Cc1cc(-n2c(C)cc(/C=C3\SC(=Nc4ccc(C(=O)O)cc4)N(C)C3=O)c2C)ccc1I. The summed E-state index contributed by atoms with van der Waals surface area (Å²) < 4.78 is 3.42. The summed E-state index contributed by atoms with van der Waals surface area (Å²) in [4.78, 5) is 30.6. The summed E-state index contributed by atoms with van der Waals surface area (Å²) in [6, 6.07) is 14.7. The normalized spacial score (nSPS) is 16.3. The molecule has 0 spiro atoms. The monoisotopic (exact) mass is 571 g/mol. The van der Waals surface area contributed by atoms with Crippen LogP contribution < -0.4 is 0 Å². The highest BCUT2D eigenvalue weighted by Crippen LogP contribution is 2.34. The number of carboxylic acids is 1. The third kappa shape index (κ3) is 4.63. The van der Waals surface area contributed by atoms with Gasteiger partial charge in [0, 0.05) is 27.7 Å². The summed E-state index contributed by atoms with van der Waals surface area (Å²) in [5, 5.41) is 9.60. The van der Waals surface area contributed by atoms with E-state index in [1.165, 1.54) is 37.9 Å². The molecular formula is C25H22IN3O3S. The number of carbonyl (C=O) groups is 2. The van der Waals surface area contributed by atoms with Crippen molar-refractivity contribution in [2.45, 2.75) is 20.8 Å². The summed E-state index contributed by atoms with van der Waals surface area (Å²) in [5.74, 6) is -1.10. The third-order valence-electron chi connectivity index (χ3n) is 5.50. The van der Waals surface area contributed by atoms with Gasteiger partial charge in [-0.1, -0.05) is 0 Å². The zero-order valence-electron chi connectivity index (χ0n) is 18.6. The topological polar surface area (TPSA) is 74.9 Å². The Hall–Kier alpha value is -2.85. The Kier molecular flexibility index (Phi) is 6.49. The quantitative estimate of drug-likeness (QED) is 0.311. The van der Waals surface area contributed by atoms with Crippen LogP contribution in [0, 0.1) is 24.3 Å². The molecule has 4 rings (SSSR count). The second kappa shape index (κ2) is 9.18. The number of amides is 1. The minimum absolute atomic E-state index is 0.115. The number of aromatic nitrogens is 1. The van der Waals surface area contributed by atoms with E-state index >= 15 is 0 Å². The fourth-order valence-corrected chi connectivity index (χ4v) is 4.99. The van der Waals surface area contributed by atoms with E-state index in [0.29, 0.717) is 15.8 Å². The zero-order valence-corrected chi connectivity index (χ0v) is 21.6. The van der Waals surface area contributed by atoms with Crippen molar-refractivity contribution in [3.8, 4) is 5.69 Å². The molecular weight excluding hydrogens is 549 g/mol. The minimum Gasteiger partial charge on any atom is -0.478 e. The number of thioether (sulfide) groups is 1. The van der Waals surface area contributed by atoms with Gasteiger partial charge in [-0.3, -0.25) is 9.69 Å². The lowest BCUT2D eigenvalue weighted by Gasteiger charge is -2.11. The second-order valence-corrected chi connectivity index (χ2v) is 9.99. The van der Waals surface area contributed by atoms with Crippen LogP contribution >= 0.6 is 34.4 Å². The molecule has 1 aromatic heterocycles. The van der Waals surface area contributed by atoms with Gasteiger partial charge in [0.25, 0.3) is 5.91 Å². The average molecular weight is 571 g/mol. The molecule has 0 radical (unpaired) electrons. The standard InChI is InChI=1S/C25H22IN3O3S/c1-14-11-20(9-10-21(14)26)29-15(2)12-18(16(29)3)13-22-23(30)28(4)25(33-22)27-19-7-5-17(6-8-19)24(31)32/h5-13H,1-4H3,(H,31,32)/b22-13-,27-25?. The predicted octanol–water partition coefficient (Wildman–Crippen LogP) is 5.94. The molecule has 0 saturated carbocycles. The van der Waals surface area contributed by atoms with E-state index in [2.05, 4.69) is 77.2 Å². The van der Waals surface area contributed by atoms with Crippen LogP contribution in [-0.4, -0.2) is 38.7 Å². The molecule has 2 heterocycles. The summed E-state index contributed by atoms with van der Waals surface area (Å²) >= 11 is 3.64. The highest BCUT2D eigenvalue weighted by molar-refractivity contribution is 14.1. The third-order valence-corrected chi connectivity index (χ3v) is 7.77. The van der Waals surface area contributed by atoms with Crippen LogP contribution in [0.3, 0.4) is 0 Å². The molecule has 3 aromatic rings. The van der Waals surface area contributed by atoms with Gasteiger partial charge in [-0.15, -0.1) is 0 Å². The van der Waals surface area contributed by atoms with E-state index in [-0.39, 0.29) is 11.5 Å². The number of aliphatic imine (C=N–C) groups is 1. The van der Waals surface area contributed by atoms with E-state index in [1.54, 1.807) is 19.2 Å². The van der Waals surface area contributed by atoms with Crippen molar-refractivity contribution in [3.05, 3.63) is 85.1 Å². The first-order valence-electron chi connectivity index (χ1n) is 10.2.